The summed E-state index contributed by atoms with van der Waals surface area (Å²) in [6, 6.07) is 0. The van der Waals surface area contributed by atoms with Gasteiger partial charge in [0.05, 0.1) is 32.2 Å². The molecule has 0 unspecified atom stereocenters. The summed E-state index contributed by atoms with van der Waals surface area (Å²) in [5, 5.41) is 6.98. The largest absolute Gasteiger partial charge is 0.379 e. The minimum Gasteiger partial charge on any atom is -0.379 e. The number of thiol groups is 1. The van der Waals surface area contributed by atoms with Gasteiger partial charge in [-0.05, 0) is 0 Å². The molecule has 2 aliphatic heterocycles. The molecule has 0 spiro atoms. The Balaban J connectivity index is 1.43. The second kappa shape index (κ2) is 11.4. The molecule has 0 saturated carbocycles. The Bertz CT molecular complexity index is 864. The van der Waals surface area contributed by atoms with Gasteiger partial charge >= 0.3 is 0 Å². The Morgan fingerprint density at radius 1 is 0.806 bits per heavy atom. The number of aromatic nitrogens is 4. The minimum absolute atomic E-state index is 0.313. The van der Waals surface area contributed by atoms with E-state index < -0.39 is 0 Å². The van der Waals surface area contributed by atoms with E-state index in [1.54, 1.807) is 0 Å². The highest BCUT2D eigenvalue weighted by Gasteiger charge is 2.16. The summed E-state index contributed by atoms with van der Waals surface area (Å²) in [5.41, 5.74) is 1.07. The fraction of sp³-hybridized carbons (Fsp3) is 0.684. The van der Waals surface area contributed by atoms with Crippen LogP contribution in [0.1, 0.15) is 5.82 Å². The molecule has 10 nitrogen and oxygen atoms in total. The fourth-order valence-electron chi connectivity index (χ4n) is 3.59. The summed E-state index contributed by atoms with van der Waals surface area (Å²) < 4.78 is 10.8. The zero-order valence-electron chi connectivity index (χ0n) is 17.5. The summed E-state index contributed by atoms with van der Waals surface area (Å²) in [7, 11) is 0. The Labute approximate surface area is 192 Å². The number of ether oxygens (including phenoxy) is 2. The van der Waals surface area contributed by atoms with Gasteiger partial charge in [0.1, 0.15) is 5.82 Å². The van der Waals surface area contributed by atoms with Gasteiger partial charge in [-0.15, -0.1) is 0 Å². The second-order valence-electron chi connectivity index (χ2n) is 7.44. The molecule has 31 heavy (non-hydrogen) atoms. The lowest BCUT2D eigenvalue weighted by Gasteiger charge is -2.26. The van der Waals surface area contributed by atoms with E-state index in [1.165, 1.54) is 0 Å². The maximum Gasteiger partial charge on any atom is 0.185 e. The number of nitrogens with zero attached hydrogens (tertiary/aromatic N) is 6. The molecule has 0 amide bonds. The molecule has 0 radical (unpaired) electrons. The molecular formula is C19H29ClN8O2S. The third-order valence-corrected chi connectivity index (χ3v) is 5.87. The lowest BCUT2D eigenvalue weighted by molar-refractivity contribution is 0.0398. The number of morpholine rings is 2. The average molecular weight is 469 g/mol. The standard InChI is InChI=1S/C19H29ClN8O2S/c20-16-19(22-2-4-28-7-11-30-12-8-28)26-18-15(25-16)17(23-14(13-31)24-18)21-1-3-27-5-9-29-10-6-27/h31H,1-13H2,(H2,21,22,23,24,26). The summed E-state index contributed by atoms with van der Waals surface area (Å²) in [4.78, 5) is 22.9. The van der Waals surface area contributed by atoms with Crippen LogP contribution in [0.2, 0.25) is 5.15 Å². The molecule has 0 atom stereocenters. The van der Waals surface area contributed by atoms with Gasteiger partial charge in [0.15, 0.2) is 28.0 Å². The van der Waals surface area contributed by atoms with Gasteiger partial charge in [-0.1, -0.05) is 11.6 Å². The van der Waals surface area contributed by atoms with Gasteiger partial charge < -0.3 is 20.1 Å². The number of hydrogen-bond donors (Lipinski definition) is 3. The SMILES string of the molecule is SCc1nc(NCCN2CCOCC2)c2nc(Cl)c(NCCN3CCOCC3)nc2n1. The molecule has 2 fully saturated rings. The van der Waals surface area contributed by atoms with Crippen LogP contribution in [0.4, 0.5) is 11.6 Å². The van der Waals surface area contributed by atoms with Crippen molar-refractivity contribution in [2.45, 2.75) is 5.75 Å². The highest BCUT2D eigenvalue weighted by atomic mass is 35.5. The predicted octanol–water partition coefficient (Wildman–Crippen LogP) is 0.991. The van der Waals surface area contributed by atoms with Crippen molar-refractivity contribution in [1.82, 2.24) is 29.7 Å². The van der Waals surface area contributed by atoms with Gasteiger partial charge in [0.25, 0.3) is 0 Å². The van der Waals surface area contributed by atoms with E-state index in [-0.39, 0.29) is 0 Å². The molecule has 2 N–H and O–H groups in total. The molecule has 4 heterocycles. The van der Waals surface area contributed by atoms with E-state index in [0.29, 0.717) is 39.5 Å². The zero-order chi connectivity index (χ0) is 21.5. The summed E-state index contributed by atoms with van der Waals surface area (Å²) >= 11 is 10.8. The summed E-state index contributed by atoms with van der Waals surface area (Å²) in [6.45, 7) is 10.1. The first kappa shape index (κ1) is 22.7. The topological polar surface area (TPSA) is 101 Å². The Morgan fingerprint density at radius 3 is 1.97 bits per heavy atom. The van der Waals surface area contributed by atoms with Crippen molar-refractivity contribution < 1.29 is 9.47 Å². The fourth-order valence-corrected chi connectivity index (χ4v) is 3.93. The van der Waals surface area contributed by atoms with Crippen molar-refractivity contribution >= 4 is 47.0 Å². The van der Waals surface area contributed by atoms with Gasteiger partial charge in [-0.2, -0.15) is 12.6 Å². The predicted molar refractivity (Wildman–Crippen MR) is 124 cm³/mol. The van der Waals surface area contributed by atoms with Gasteiger partial charge in [0, 0.05) is 52.4 Å². The van der Waals surface area contributed by atoms with E-state index in [0.717, 1.165) is 78.8 Å². The second-order valence-corrected chi connectivity index (χ2v) is 8.12. The molecule has 0 aliphatic carbocycles. The number of hydrogen-bond acceptors (Lipinski definition) is 11. The number of halogens is 1. The molecule has 4 rings (SSSR count). The highest BCUT2D eigenvalue weighted by molar-refractivity contribution is 7.79. The number of anilines is 2. The first-order chi connectivity index (χ1) is 15.2. The molecule has 0 bridgehead atoms. The maximum absolute atomic E-state index is 6.44. The minimum atomic E-state index is 0.313. The van der Waals surface area contributed by atoms with Gasteiger partial charge in [-0.25, -0.2) is 19.9 Å². The summed E-state index contributed by atoms with van der Waals surface area (Å²) in [6.07, 6.45) is 0. The van der Waals surface area contributed by atoms with E-state index in [4.69, 9.17) is 21.1 Å². The molecule has 2 saturated heterocycles. The normalized spacial score (nSPS) is 18.4. The Hall–Kier alpha value is -1.50. The van der Waals surface area contributed by atoms with E-state index >= 15 is 0 Å². The quantitative estimate of drug-likeness (QED) is 0.462. The highest BCUT2D eigenvalue weighted by Crippen LogP contribution is 2.24. The molecular weight excluding hydrogens is 440 g/mol. The number of nitrogens with one attached hydrogen (secondary N) is 2. The van der Waals surface area contributed by atoms with Crippen molar-refractivity contribution in [2.24, 2.45) is 0 Å². The van der Waals surface area contributed by atoms with E-state index in [9.17, 15) is 0 Å². The third-order valence-electron chi connectivity index (χ3n) is 5.32. The van der Waals surface area contributed by atoms with Crippen molar-refractivity contribution in [3.63, 3.8) is 0 Å². The van der Waals surface area contributed by atoms with Crippen LogP contribution in [-0.4, -0.2) is 109 Å². The van der Waals surface area contributed by atoms with Gasteiger partial charge in [0.2, 0.25) is 0 Å². The lowest BCUT2D eigenvalue weighted by Crippen LogP contribution is -2.39. The maximum atomic E-state index is 6.44. The smallest absolute Gasteiger partial charge is 0.185 e. The van der Waals surface area contributed by atoms with Crippen LogP contribution in [0, 0.1) is 0 Å². The molecule has 12 heteroatoms. The van der Waals surface area contributed by atoms with Crippen LogP contribution in [0.15, 0.2) is 0 Å². The van der Waals surface area contributed by atoms with Crippen molar-refractivity contribution in [2.75, 3.05) is 89.4 Å². The summed E-state index contributed by atoms with van der Waals surface area (Å²) in [5.74, 6) is 2.18. The van der Waals surface area contributed by atoms with E-state index in [1.807, 2.05) is 0 Å². The Morgan fingerprint density at radius 2 is 1.39 bits per heavy atom. The zero-order valence-corrected chi connectivity index (χ0v) is 19.2. The Kier molecular flexibility index (Phi) is 8.34. The molecule has 2 aliphatic rings. The van der Waals surface area contributed by atoms with Crippen molar-refractivity contribution in [3.05, 3.63) is 11.0 Å². The third kappa shape index (κ3) is 6.27. The van der Waals surface area contributed by atoms with Crippen molar-refractivity contribution in [3.8, 4) is 0 Å². The van der Waals surface area contributed by atoms with Crippen LogP contribution >= 0.6 is 24.2 Å². The van der Waals surface area contributed by atoms with Crippen LogP contribution in [-0.2, 0) is 15.2 Å². The van der Waals surface area contributed by atoms with Crippen molar-refractivity contribution in [1.29, 1.82) is 0 Å². The number of rotatable bonds is 9. The van der Waals surface area contributed by atoms with Crippen LogP contribution in [0.3, 0.4) is 0 Å². The monoisotopic (exact) mass is 468 g/mol. The lowest BCUT2D eigenvalue weighted by atomic mass is 10.4. The first-order valence-electron chi connectivity index (χ1n) is 10.7. The van der Waals surface area contributed by atoms with Gasteiger partial charge in [-0.3, -0.25) is 9.80 Å². The average Bonchev–Trinajstić information content (AvgIpc) is 2.81. The molecule has 0 aromatic carbocycles. The molecule has 2 aromatic rings. The van der Waals surface area contributed by atoms with E-state index in [2.05, 4.69) is 53.0 Å². The molecule has 170 valence electrons. The number of fused-ring (bicyclic) bond motifs is 1. The first-order valence-corrected chi connectivity index (χ1v) is 11.7. The molecule has 2 aromatic heterocycles. The van der Waals surface area contributed by atoms with Crippen LogP contribution in [0.5, 0.6) is 0 Å². The van der Waals surface area contributed by atoms with Crippen LogP contribution < -0.4 is 10.6 Å². The van der Waals surface area contributed by atoms with Crippen LogP contribution in [0.25, 0.3) is 11.2 Å².